The van der Waals surface area contributed by atoms with Crippen molar-refractivity contribution in [3.05, 3.63) is 40.6 Å². The van der Waals surface area contributed by atoms with Gasteiger partial charge in [-0.2, -0.15) is 0 Å². The van der Waals surface area contributed by atoms with Crippen molar-refractivity contribution >= 4 is 33.8 Å². The van der Waals surface area contributed by atoms with E-state index in [-0.39, 0.29) is 0 Å². The van der Waals surface area contributed by atoms with E-state index >= 15 is 0 Å². The van der Waals surface area contributed by atoms with Crippen molar-refractivity contribution in [2.45, 2.75) is 0 Å². The molecule has 78 valence electrons. The van der Waals surface area contributed by atoms with Gasteiger partial charge in [0.1, 0.15) is 10.5 Å². The van der Waals surface area contributed by atoms with E-state index < -0.39 is 0 Å². The number of nitrogens with zero attached hydrogens (tertiary/aromatic N) is 2. The minimum absolute atomic E-state index is 0.677. The lowest BCUT2D eigenvalue weighted by atomic mass is 10.2. The fourth-order valence-corrected chi connectivity index (χ4v) is 2.43. The first kappa shape index (κ1) is 9.62. The van der Waals surface area contributed by atoms with E-state index in [4.69, 9.17) is 12.2 Å². The molecule has 1 N–H and O–H groups in total. The molecule has 16 heavy (non-hydrogen) atoms. The highest BCUT2D eigenvalue weighted by atomic mass is 32.1. The lowest BCUT2D eigenvalue weighted by molar-refractivity contribution is 1.16. The van der Waals surface area contributed by atoms with Crippen LogP contribution in [0.4, 0.5) is 0 Å². The maximum atomic E-state index is 5.07. The van der Waals surface area contributed by atoms with Crippen molar-refractivity contribution in [1.29, 1.82) is 0 Å². The predicted octanol–water partition coefficient (Wildman–Crippen LogP) is 3.42. The Labute approximate surface area is 101 Å². The van der Waals surface area contributed by atoms with Gasteiger partial charge in [0.25, 0.3) is 0 Å². The smallest absolute Gasteiger partial charge is 0.139 e. The first-order valence-corrected chi connectivity index (χ1v) is 6.01. The van der Waals surface area contributed by atoms with Crippen molar-refractivity contribution in [1.82, 2.24) is 15.0 Å². The highest BCUT2D eigenvalue weighted by Crippen LogP contribution is 2.23. The van der Waals surface area contributed by atoms with Gasteiger partial charge in [0.15, 0.2) is 0 Å². The van der Waals surface area contributed by atoms with Gasteiger partial charge in [-0.25, -0.2) is 4.98 Å². The second-order valence-electron chi connectivity index (χ2n) is 3.31. The molecule has 0 atom stereocenters. The monoisotopic (exact) mass is 245 g/mol. The molecule has 0 aliphatic heterocycles. The lowest BCUT2D eigenvalue weighted by Gasteiger charge is -1.99. The molecule has 0 saturated carbocycles. The number of H-pyrrole nitrogens is 1. The van der Waals surface area contributed by atoms with Gasteiger partial charge in [-0.05, 0) is 23.6 Å². The largest absolute Gasteiger partial charge is 0.331 e. The first-order chi connectivity index (χ1) is 7.83. The second kappa shape index (κ2) is 3.77. The van der Waals surface area contributed by atoms with Crippen LogP contribution in [0.5, 0.6) is 0 Å². The molecule has 0 amide bonds. The summed E-state index contributed by atoms with van der Waals surface area (Å²) in [5, 5.41) is 2.03. The summed E-state index contributed by atoms with van der Waals surface area (Å²) in [5.41, 5.74) is 1.98. The molecule has 0 aliphatic rings. The van der Waals surface area contributed by atoms with Crippen LogP contribution in [0.3, 0.4) is 0 Å². The van der Waals surface area contributed by atoms with Crippen molar-refractivity contribution < 1.29 is 0 Å². The molecule has 3 nitrogen and oxygen atoms in total. The molecule has 0 fully saturated rings. The Morgan fingerprint density at radius 2 is 2.19 bits per heavy atom. The number of nitrogens with one attached hydrogen (secondary N) is 1. The predicted molar refractivity (Wildman–Crippen MR) is 68.0 cm³/mol. The third-order valence-corrected chi connectivity index (χ3v) is 3.34. The number of aromatic amines is 1. The zero-order chi connectivity index (χ0) is 11.0. The summed E-state index contributed by atoms with van der Waals surface area (Å²) in [4.78, 5) is 11.7. The summed E-state index contributed by atoms with van der Waals surface area (Å²) >= 11 is 6.74. The standard InChI is InChI=1S/C11H7N3S2/c15-10-1-3-12-11(14-10)7-5-9-8(13-6-7)2-4-16-9/h1-6H,(H,12,14,15). The third-order valence-electron chi connectivity index (χ3n) is 2.25. The van der Waals surface area contributed by atoms with E-state index in [1.165, 1.54) is 0 Å². The number of hydrogen-bond acceptors (Lipinski definition) is 4. The van der Waals surface area contributed by atoms with Gasteiger partial charge < -0.3 is 4.98 Å². The number of aromatic nitrogens is 3. The second-order valence-corrected chi connectivity index (χ2v) is 4.70. The Kier molecular flexibility index (Phi) is 2.27. The molecule has 0 saturated heterocycles. The van der Waals surface area contributed by atoms with Gasteiger partial charge in [-0.15, -0.1) is 11.3 Å². The quantitative estimate of drug-likeness (QED) is 0.668. The van der Waals surface area contributed by atoms with E-state index in [0.29, 0.717) is 4.64 Å². The van der Waals surface area contributed by atoms with Gasteiger partial charge in [0.05, 0.1) is 10.2 Å². The van der Waals surface area contributed by atoms with Crippen molar-refractivity contribution in [2.24, 2.45) is 0 Å². The van der Waals surface area contributed by atoms with Crippen LogP contribution in [0.2, 0.25) is 0 Å². The van der Waals surface area contributed by atoms with Crippen LogP contribution in [0.1, 0.15) is 0 Å². The normalized spacial score (nSPS) is 10.8. The maximum Gasteiger partial charge on any atom is 0.139 e. The molecule has 0 radical (unpaired) electrons. The Bertz CT molecular complexity index is 699. The fraction of sp³-hybridized carbons (Fsp3) is 0. The molecule has 3 heterocycles. The molecule has 3 rings (SSSR count). The zero-order valence-corrected chi connectivity index (χ0v) is 9.81. The highest BCUT2D eigenvalue weighted by Gasteiger charge is 2.02. The summed E-state index contributed by atoms with van der Waals surface area (Å²) in [6.07, 6.45) is 3.51. The van der Waals surface area contributed by atoms with Crippen LogP contribution in [0, 0.1) is 4.64 Å². The number of pyridine rings is 1. The summed E-state index contributed by atoms with van der Waals surface area (Å²) < 4.78 is 1.83. The molecule has 0 aromatic carbocycles. The summed E-state index contributed by atoms with van der Waals surface area (Å²) in [6.45, 7) is 0. The van der Waals surface area contributed by atoms with E-state index in [1.54, 1.807) is 23.6 Å². The van der Waals surface area contributed by atoms with Gasteiger partial charge in [0, 0.05) is 18.0 Å². The molecule has 0 bridgehead atoms. The van der Waals surface area contributed by atoms with Crippen LogP contribution in [0.15, 0.2) is 36.0 Å². The Hall–Kier alpha value is -1.59. The molecular weight excluding hydrogens is 238 g/mol. The van der Waals surface area contributed by atoms with Crippen molar-refractivity contribution in [2.75, 3.05) is 0 Å². The Morgan fingerprint density at radius 1 is 1.25 bits per heavy atom. The molecule has 3 aromatic heterocycles. The molecule has 3 aromatic rings. The van der Waals surface area contributed by atoms with Gasteiger partial charge in [-0.1, -0.05) is 12.2 Å². The van der Waals surface area contributed by atoms with Gasteiger partial charge in [-0.3, -0.25) is 4.98 Å². The average molecular weight is 245 g/mol. The molecule has 0 unspecified atom stereocenters. The van der Waals surface area contributed by atoms with E-state index in [1.807, 2.05) is 17.6 Å². The molecule has 0 spiro atoms. The summed E-state index contributed by atoms with van der Waals surface area (Å²) in [7, 11) is 0. The van der Waals surface area contributed by atoms with Crippen molar-refractivity contribution in [3.8, 4) is 11.4 Å². The van der Waals surface area contributed by atoms with E-state index in [2.05, 4.69) is 21.0 Å². The number of fused-ring (bicyclic) bond motifs is 1. The summed E-state index contributed by atoms with van der Waals surface area (Å²) in [6, 6.07) is 5.83. The Morgan fingerprint density at radius 3 is 3.06 bits per heavy atom. The number of rotatable bonds is 1. The highest BCUT2D eigenvalue weighted by molar-refractivity contribution is 7.71. The van der Waals surface area contributed by atoms with E-state index in [9.17, 15) is 0 Å². The molecule has 0 aliphatic carbocycles. The van der Waals surface area contributed by atoms with Crippen LogP contribution >= 0.6 is 23.6 Å². The van der Waals surface area contributed by atoms with Crippen LogP contribution in [0.25, 0.3) is 21.6 Å². The van der Waals surface area contributed by atoms with E-state index in [0.717, 1.165) is 21.6 Å². The minimum atomic E-state index is 0.677. The molecular formula is C11H7N3S2. The zero-order valence-electron chi connectivity index (χ0n) is 8.18. The maximum absolute atomic E-state index is 5.07. The topological polar surface area (TPSA) is 41.6 Å². The summed E-state index contributed by atoms with van der Waals surface area (Å²) in [5.74, 6) is 0.760. The van der Waals surface area contributed by atoms with Crippen molar-refractivity contribution in [3.63, 3.8) is 0 Å². The molecule has 5 heteroatoms. The fourth-order valence-electron chi connectivity index (χ4n) is 1.49. The van der Waals surface area contributed by atoms with Crippen LogP contribution in [-0.4, -0.2) is 15.0 Å². The van der Waals surface area contributed by atoms with Gasteiger partial charge >= 0.3 is 0 Å². The SMILES string of the molecule is S=c1ccnc(-c2cnc3ccsc3c2)[nH]1. The van der Waals surface area contributed by atoms with Gasteiger partial charge in [0.2, 0.25) is 0 Å². The Balaban J connectivity index is 2.21. The lowest BCUT2D eigenvalue weighted by Crippen LogP contribution is -1.88. The third kappa shape index (κ3) is 1.64. The first-order valence-electron chi connectivity index (χ1n) is 4.72. The van der Waals surface area contributed by atoms with Crippen LogP contribution < -0.4 is 0 Å². The number of thiophene rings is 1. The number of hydrogen-bond donors (Lipinski definition) is 1. The van der Waals surface area contributed by atoms with Crippen LogP contribution in [-0.2, 0) is 0 Å². The minimum Gasteiger partial charge on any atom is -0.331 e. The average Bonchev–Trinajstić information content (AvgIpc) is 2.75.